The Kier molecular flexibility index (Phi) is 3.86. The van der Waals surface area contributed by atoms with E-state index in [9.17, 15) is 13.2 Å². The van der Waals surface area contributed by atoms with Crippen molar-refractivity contribution in [1.29, 1.82) is 0 Å². The lowest BCUT2D eigenvalue weighted by Crippen LogP contribution is -2.46. The fraction of sp³-hybridized carbons (Fsp3) is 0.500. The van der Waals surface area contributed by atoms with E-state index in [1.807, 2.05) is 0 Å². The van der Waals surface area contributed by atoms with Crippen molar-refractivity contribution in [3.05, 3.63) is 23.8 Å². The van der Waals surface area contributed by atoms with Crippen molar-refractivity contribution in [1.82, 2.24) is 5.32 Å². The van der Waals surface area contributed by atoms with Gasteiger partial charge in [-0.2, -0.15) is 0 Å². The predicted molar refractivity (Wildman–Crippen MR) is 76.8 cm³/mol. The first-order valence-electron chi connectivity index (χ1n) is 6.90. The number of benzene rings is 1. The number of hydrogen-bond donors (Lipinski definition) is 1. The Hall–Kier alpha value is -1.60. The first-order valence-corrected chi connectivity index (χ1v) is 8.72. The van der Waals surface area contributed by atoms with Gasteiger partial charge in [0.25, 0.3) is 0 Å². The maximum absolute atomic E-state index is 12.3. The molecule has 0 radical (unpaired) electrons. The molecule has 7 heteroatoms. The lowest BCUT2D eigenvalue weighted by atomic mass is 10.0. The van der Waals surface area contributed by atoms with E-state index in [-0.39, 0.29) is 29.8 Å². The Morgan fingerprint density at radius 2 is 2.00 bits per heavy atom. The quantitative estimate of drug-likeness (QED) is 0.815. The molecule has 114 valence electrons. The summed E-state index contributed by atoms with van der Waals surface area (Å²) in [4.78, 5) is 12.3. The molecule has 21 heavy (non-hydrogen) atoms. The van der Waals surface area contributed by atoms with Crippen LogP contribution in [0.1, 0.15) is 16.8 Å². The van der Waals surface area contributed by atoms with Crippen LogP contribution in [0.25, 0.3) is 0 Å². The zero-order valence-corrected chi connectivity index (χ0v) is 12.3. The fourth-order valence-corrected chi connectivity index (χ4v) is 4.00. The van der Waals surface area contributed by atoms with Crippen LogP contribution in [0.4, 0.5) is 0 Å². The van der Waals surface area contributed by atoms with Gasteiger partial charge in [0, 0.05) is 24.6 Å². The van der Waals surface area contributed by atoms with Crippen molar-refractivity contribution in [2.75, 3.05) is 31.3 Å². The predicted octanol–water partition coefficient (Wildman–Crippen LogP) is 0.417. The summed E-state index contributed by atoms with van der Waals surface area (Å²) in [5.74, 6) is 1.26. The summed E-state index contributed by atoms with van der Waals surface area (Å²) in [7, 11) is -3.03. The molecule has 0 amide bonds. The van der Waals surface area contributed by atoms with Gasteiger partial charge in [0.1, 0.15) is 13.2 Å². The number of sulfone groups is 1. The molecule has 1 N–H and O–H groups in total. The van der Waals surface area contributed by atoms with Gasteiger partial charge in [-0.15, -0.1) is 0 Å². The molecule has 1 fully saturated rings. The molecule has 1 aromatic rings. The average molecular weight is 311 g/mol. The molecule has 1 unspecified atom stereocenters. The third-order valence-electron chi connectivity index (χ3n) is 3.60. The minimum atomic E-state index is -3.03. The Balaban J connectivity index is 1.70. The van der Waals surface area contributed by atoms with Gasteiger partial charge in [-0.05, 0) is 18.2 Å². The standard InChI is InChI=1S/C14H17NO5S/c16-12(8-11-9-21(17,18)6-3-15-11)10-1-2-13-14(7-10)20-5-4-19-13/h1-2,7,11,15H,3-6,8-9H2. The van der Waals surface area contributed by atoms with Gasteiger partial charge in [-0.25, -0.2) is 8.42 Å². The molecule has 0 aromatic heterocycles. The van der Waals surface area contributed by atoms with Gasteiger partial charge in [0.15, 0.2) is 27.1 Å². The second-order valence-corrected chi connectivity index (χ2v) is 7.48. The third kappa shape index (κ3) is 3.36. The number of nitrogens with one attached hydrogen (secondary N) is 1. The summed E-state index contributed by atoms with van der Waals surface area (Å²) in [5, 5.41) is 3.08. The molecule has 1 atom stereocenters. The molecule has 1 aromatic carbocycles. The van der Waals surface area contributed by atoms with Crippen LogP contribution in [-0.2, 0) is 9.84 Å². The SMILES string of the molecule is O=C(CC1CS(=O)(=O)CCN1)c1ccc2c(c1)OCCO2. The molecule has 3 rings (SSSR count). The number of ketones is 1. The van der Waals surface area contributed by atoms with Gasteiger partial charge in [-0.1, -0.05) is 0 Å². The van der Waals surface area contributed by atoms with Crippen molar-refractivity contribution in [2.45, 2.75) is 12.5 Å². The first kappa shape index (κ1) is 14.3. The van der Waals surface area contributed by atoms with Crippen LogP contribution in [0, 0.1) is 0 Å². The van der Waals surface area contributed by atoms with Crippen LogP contribution in [-0.4, -0.2) is 51.5 Å². The molecule has 0 saturated carbocycles. The molecule has 2 aliphatic heterocycles. The van der Waals surface area contributed by atoms with Gasteiger partial charge >= 0.3 is 0 Å². The summed E-state index contributed by atoms with van der Waals surface area (Å²) < 4.78 is 34.0. The molecular weight excluding hydrogens is 294 g/mol. The Morgan fingerprint density at radius 3 is 2.76 bits per heavy atom. The summed E-state index contributed by atoms with van der Waals surface area (Å²) in [5.41, 5.74) is 0.518. The Morgan fingerprint density at radius 1 is 1.24 bits per heavy atom. The van der Waals surface area contributed by atoms with Crippen molar-refractivity contribution in [3.8, 4) is 11.5 Å². The minimum absolute atomic E-state index is 0.0172. The van der Waals surface area contributed by atoms with Crippen LogP contribution >= 0.6 is 0 Å². The van der Waals surface area contributed by atoms with E-state index in [1.54, 1.807) is 18.2 Å². The number of rotatable bonds is 3. The molecule has 0 aliphatic carbocycles. The van der Waals surface area contributed by atoms with E-state index < -0.39 is 9.84 Å². The van der Waals surface area contributed by atoms with Crippen molar-refractivity contribution in [3.63, 3.8) is 0 Å². The largest absolute Gasteiger partial charge is 0.486 e. The molecular formula is C14H17NO5S. The normalized spacial score (nSPS) is 23.5. The molecule has 1 saturated heterocycles. The molecule has 0 bridgehead atoms. The summed E-state index contributed by atoms with van der Waals surface area (Å²) in [6.45, 7) is 1.37. The maximum atomic E-state index is 12.3. The molecule has 6 nitrogen and oxygen atoms in total. The number of ether oxygens (including phenoxy) is 2. The summed E-state index contributed by atoms with van der Waals surface area (Å²) in [6.07, 6.45) is 0.166. The van der Waals surface area contributed by atoms with Crippen molar-refractivity contribution in [2.24, 2.45) is 0 Å². The van der Waals surface area contributed by atoms with E-state index in [2.05, 4.69) is 5.32 Å². The maximum Gasteiger partial charge on any atom is 0.164 e. The van der Waals surface area contributed by atoms with E-state index in [0.29, 0.717) is 36.8 Å². The average Bonchev–Trinajstić information content (AvgIpc) is 2.45. The molecule has 2 aliphatic rings. The zero-order chi connectivity index (χ0) is 14.9. The molecule has 2 heterocycles. The highest BCUT2D eigenvalue weighted by molar-refractivity contribution is 7.91. The van der Waals surface area contributed by atoms with Crippen LogP contribution in [0.3, 0.4) is 0 Å². The van der Waals surface area contributed by atoms with Gasteiger partial charge in [-0.3, -0.25) is 4.79 Å². The van der Waals surface area contributed by atoms with Crippen LogP contribution in [0.5, 0.6) is 11.5 Å². The summed E-state index contributed by atoms with van der Waals surface area (Å²) >= 11 is 0. The lowest BCUT2D eigenvalue weighted by Gasteiger charge is -2.23. The lowest BCUT2D eigenvalue weighted by molar-refractivity contribution is 0.0970. The number of hydrogen-bond acceptors (Lipinski definition) is 6. The van der Waals surface area contributed by atoms with Gasteiger partial charge in [0.05, 0.1) is 11.5 Å². The molecule has 0 spiro atoms. The smallest absolute Gasteiger partial charge is 0.164 e. The van der Waals surface area contributed by atoms with E-state index >= 15 is 0 Å². The topological polar surface area (TPSA) is 81.7 Å². The number of carbonyl (C=O) groups excluding carboxylic acids is 1. The first-order chi connectivity index (χ1) is 10.0. The monoisotopic (exact) mass is 311 g/mol. The number of Topliss-reactive ketones (excluding diaryl/α,β-unsaturated/α-hetero) is 1. The van der Waals surface area contributed by atoms with Crippen molar-refractivity contribution < 1.29 is 22.7 Å². The van der Waals surface area contributed by atoms with E-state index in [4.69, 9.17) is 9.47 Å². The van der Waals surface area contributed by atoms with E-state index in [1.165, 1.54) is 0 Å². The van der Waals surface area contributed by atoms with E-state index in [0.717, 1.165) is 0 Å². The second kappa shape index (κ2) is 5.65. The number of carbonyl (C=O) groups is 1. The zero-order valence-electron chi connectivity index (χ0n) is 11.5. The highest BCUT2D eigenvalue weighted by atomic mass is 32.2. The fourth-order valence-electron chi connectivity index (χ4n) is 2.56. The van der Waals surface area contributed by atoms with Gasteiger partial charge < -0.3 is 14.8 Å². The van der Waals surface area contributed by atoms with Gasteiger partial charge in [0.2, 0.25) is 0 Å². The van der Waals surface area contributed by atoms with Crippen molar-refractivity contribution >= 4 is 15.6 Å². The summed E-state index contributed by atoms with van der Waals surface area (Å²) in [6, 6.07) is 4.75. The highest BCUT2D eigenvalue weighted by Crippen LogP contribution is 2.31. The number of fused-ring (bicyclic) bond motifs is 1. The Bertz CT molecular complexity index is 655. The minimum Gasteiger partial charge on any atom is -0.486 e. The van der Waals surface area contributed by atoms with Crippen LogP contribution in [0.15, 0.2) is 18.2 Å². The Labute approximate surface area is 123 Å². The highest BCUT2D eigenvalue weighted by Gasteiger charge is 2.26. The third-order valence-corrected chi connectivity index (χ3v) is 5.33. The van der Waals surface area contributed by atoms with Crippen LogP contribution < -0.4 is 14.8 Å². The second-order valence-electron chi connectivity index (χ2n) is 5.25. The van der Waals surface area contributed by atoms with Crippen LogP contribution in [0.2, 0.25) is 0 Å².